The number of anilines is 2. The van der Waals surface area contributed by atoms with E-state index in [-0.39, 0.29) is 6.03 Å². The van der Waals surface area contributed by atoms with E-state index in [1.165, 1.54) is 0 Å². The van der Waals surface area contributed by atoms with Gasteiger partial charge in [0.25, 0.3) is 0 Å². The highest BCUT2D eigenvalue weighted by Crippen LogP contribution is 2.25. The molecule has 2 aromatic heterocycles. The molecule has 4 rings (SSSR count). The summed E-state index contributed by atoms with van der Waals surface area (Å²) in [4.78, 5) is 25.6. The van der Waals surface area contributed by atoms with Crippen molar-refractivity contribution >= 4 is 39.1 Å². The molecule has 1 aliphatic heterocycles. The van der Waals surface area contributed by atoms with E-state index < -0.39 is 0 Å². The lowest BCUT2D eigenvalue weighted by Crippen LogP contribution is -2.50. The van der Waals surface area contributed by atoms with Gasteiger partial charge < -0.3 is 15.1 Å². The number of nitrogens with one attached hydrogen (secondary N) is 1. The van der Waals surface area contributed by atoms with E-state index in [2.05, 4.69) is 33.2 Å². The molecule has 6 nitrogen and oxygen atoms in total. The SMILES string of the molecule is Cc1nc2cc(NC(=O)N3CCN(c4ncccc4C)CC3)ccc2s1. The highest BCUT2D eigenvalue weighted by molar-refractivity contribution is 7.18. The van der Waals surface area contributed by atoms with Gasteiger partial charge in [-0.2, -0.15) is 0 Å². The molecule has 3 aromatic rings. The summed E-state index contributed by atoms with van der Waals surface area (Å²) in [5.41, 5.74) is 2.88. The van der Waals surface area contributed by atoms with Gasteiger partial charge in [0.05, 0.1) is 15.2 Å². The van der Waals surface area contributed by atoms with Crippen LogP contribution in [0.1, 0.15) is 10.6 Å². The van der Waals surface area contributed by atoms with Gasteiger partial charge in [0, 0.05) is 38.1 Å². The molecule has 26 heavy (non-hydrogen) atoms. The second-order valence-electron chi connectivity index (χ2n) is 6.46. The fourth-order valence-corrected chi connectivity index (χ4v) is 4.06. The van der Waals surface area contributed by atoms with Crippen LogP contribution < -0.4 is 10.2 Å². The lowest BCUT2D eigenvalue weighted by Gasteiger charge is -2.35. The summed E-state index contributed by atoms with van der Waals surface area (Å²) in [7, 11) is 0. The van der Waals surface area contributed by atoms with E-state index in [0.29, 0.717) is 13.1 Å². The summed E-state index contributed by atoms with van der Waals surface area (Å²) in [5.74, 6) is 1.01. The number of aromatic nitrogens is 2. The van der Waals surface area contributed by atoms with Gasteiger partial charge in [0.1, 0.15) is 5.82 Å². The quantitative estimate of drug-likeness (QED) is 0.751. The van der Waals surface area contributed by atoms with Crippen LogP contribution in [0.5, 0.6) is 0 Å². The van der Waals surface area contributed by atoms with Crippen molar-refractivity contribution in [1.82, 2.24) is 14.9 Å². The van der Waals surface area contributed by atoms with Crippen LogP contribution in [0.15, 0.2) is 36.5 Å². The van der Waals surface area contributed by atoms with Crippen molar-refractivity contribution < 1.29 is 4.79 Å². The van der Waals surface area contributed by atoms with Crippen molar-refractivity contribution in [2.45, 2.75) is 13.8 Å². The number of rotatable bonds is 2. The Bertz CT molecular complexity index is 946. The highest BCUT2D eigenvalue weighted by atomic mass is 32.1. The highest BCUT2D eigenvalue weighted by Gasteiger charge is 2.22. The Hall–Kier alpha value is -2.67. The molecule has 1 aromatic carbocycles. The van der Waals surface area contributed by atoms with Gasteiger partial charge in [-0.15, -0.1) is 11.3 Å². The van der Waals surface area contributed by atoms with Crippen molar-refractivity contribution in [3.05, 3.63) is 47.1 Å². The number of nitrogens with zero attached hydrogens (tertiary/aromatic N) is 4. The molecule has 1 N–H and O–H groups in total. The Morgan fingerprint density at radius 3 is 2.73 bits per heavy atom. The molecule has 1 saturated heterocycles. The first kappa shape index (κ1) is 16.8. The zero-order chi connectivity index (χ0) is 18.1. The van der Waals surface area contributed by atoms with Crippen LogP contribution in [0.3, 0.4) is 0 Å². The first-order valence-electron chi connectivity index (χ1n) is 8.70. The maximum atomic E-state index is 12.6. The summed E-state index contributed by atoms with van der Waals surface area (Å²) >= 11 is 1.66. The maximum absolute atomic E-state index is 12.6. The van der Waals surface area contributed by atoms with Crippen molar-refractivity contribution in [3.8, 4) is 0 Å². The molecule has 2 amide bonds. The Labute approximate surface area is 156 Å². The average molecular weight is 367 g/mol. The number of hydrogen-bond acceptors (Lipinski definition) is 5. The van der Waals surface area contributed by atoms with Crippen molar-refractivity contribution in [2.24, 2.45) is 0 Å². The summed E-state index contributed by atoms with van der Waals surface area (Å²) < 4.78 is 1.14. The molecular formula is C19H21N5OS. The predicted molar refractivity (Wildman–Crippen MR) is 106 cm³/mol. The number of pyridine rings is 1. The van der Waals surface area contributed by atoms with Gasteiger partial charge in [-0.25, -0.2) is 14.8 Å². The molecule has 0 atom stereocenters. The molecule has 7 heteroatoms. The number of urea groups is 1. The molecule has 134 valence electrons. The first-order chi connectivity index (χ1) is 12.6. The Balaban J connectivity index is 1.39. The number of fused-ring (bicyclic) bond motifs is 1. The zero-order valence-electron chi connectivity index (χ0n) is 14.9. The van der Waals surface area contributed by atoms with E-state index in [1.54, 1.807) is 11.3 Å². The number of amides is 2. The topological polar surface area (TPSA) is 61.4 Å². The third kappa shape index (κ3) is 3.35. The third-order valence-electron chi connectivity index (χ3n) is 4.59. The number of piperazine rings is 1. The molecule has 0 saturated carbocycles. The van der Waals surface area contributed by atoms with Crippen molar-refractivity contribution in [2.75, 3.05) is 36.4 Å². The monoisotopic (exact) mass is 367 g/mol. The minimum absolute atomic E-state index is 0.0614. The molecule has 0 unspecified atom stereocenters. The fourth-order valence-electron chi connectivity index (χ4n) is 3.25. The average Bonchev–Trinajstić information content (AvgIpc) is 3.01. The Morgan fingerprint density at radius 1 is 1.15 bits per heavy atom. The Kier molecular flexibility index (Phi) is 4.46. The van der Waals surface area contributed by atoms with Crippen LogP contribution in [0.25, 0.3) is 10.2 Å². The van der Waals surface area contributed by atoms with E-state index >= 15 is 0 Å². The number of aryl methyl sites for hydroxylation is 2. The minimum atomic E-state index is -0.0614. The second kappa shape index (κ2) is 6.92. The molecule has 0 bridgehead atoms. The normalized spacial score (nSPS) is 14.7. The maximum Gasteiger partial charge on any atom is 0.321 e. The summed E-state index contributed by atoms with van der Waals surface area (Å²) in [6.07, 6.45) is 1.82. The van der Waals surface area contributed by atoms with Crippen LogP contribution in [-0.2, 0) is 0 Å². The standard InChI is InChI=1S/C19H21N5OS/c1-13-4-3-7-20-18(13)23-8-10-24(11-9-23)19(25)22-15-5-6-17-16(12-15)21-14(2)26-17/h3-7,12H,8-11H2,1-2H3,(H,22,25). The number of benzene rings is 1. The Morgan fingerprint density at radius 2 is 1.96 bits per heavy atom. The fraction of sp³-hybridized carbons (Fsp3) is 0.316. The van der Waals surface area contributed by atoms with Gasteiger partial charge in [0.2, 0.25) is 0 Å². The summed E-state index contributed by atoms with van der Waals surface area (Å²) in [6, 6.07) is 9.84. The number of thiazole rings is 1. The molecule has 1 aliphatic rings. The minimum Gasteiger partial charge on any atom is -0.353 e. The van der Waals surface area contributed by atoms with E-state index in [0.717, 1.165) is 45.4 Å². The third-order valence-corrected chi connectivity index (χ3v) is 5.55. The summed E-state index contributed by atoms with van der Waals surface area (Å²) in [6.45, 7) is 6.99. The lowest BCUT2D eigenvalue weighted by molar-refractivity contribution is 0.208. The summed E-state index contributed by atoms with van der Waals surface area (Å²) in [5, 5.41) is 4.03. The molecule has 0 radical (unpaired) electrons. The van der Waals surface area contributed by atoms with Crippen LogP contribution >= 0.6 is 11.3 Å². The van der Waals surface area contributed by atoms with Gasteiger partial charge >= 0.3 is 6.03 Å². The molecule has 0 aliphatic carbocycles. The van der Waals surface area contributed by atoms with Crippen molar-refractivity contribution in [1.29, 1.82) is 0 Å². The van der Waals surface area contributed by atoms with Crippen LogP contribution in [0, 0.1) is 13.8 Å². The van der Waals surface area contributed by atoms with E-state index in [1.807, 2.05) is 42.3 Å². The number of hydrogen-bond donors (Lipinski definition) is 1. The molecule has 0 spiro atoms. The number of carbonyl (C=O) groups is 1. The smallest absolute Gasteiger partial charge is 0.321 e. The number of carbonyl (C=O) groups excluding carboxylic acids is 1. The lowest BCUT2D eigenvalue weighted by atomic mass is 10.2. The van der Waals surface area contributed by atoms with E-state index in [9.17, 15) is 4.79 Å². The van der Waals surface area contributed by atoms with Crippen LogP contribution in [0.4, 0.5) is 16.3 Å². The largest absolute Gasteiger partial charge is 0.353 e. The van der Waals surface area contributed by atoms with Gasteiger partial charge in [-0.1, -0.05) is 6.07 Å². The zero-order valence-corrected chi connectivity index (χ0v) is 15.7. The molecule has 1 fully saturated rings. The van der Waals surface area contributed by atoms with Crippen LogP contribution in [-0.4, -0.2) is 47.1 Å². The van der Waals surface area contributed by atoms with Gasteiger partial charge in [-0.05, 0) is 43.7 Å². The van der Waals surface area contributed by atoms with Crippen LogP contribution in [0.2, 0.25) is 0 Å². The van der Waals surface area contributed by atoms with Crippen molar-refractivity contribution in [3.63, 3.8) is 0 Å². The second-order valence-corrected chi connectivity index (χ2v) is 7.70. The molecular weight excluding hydrogens is 346 g/mol. The first-order valence-corrected chi connectivity index (χ1v) is 9.51. The van der Waals surface area contributed by atoms with Gasteiger partial charge in [0.15, 0.2) is 0 Å². The molecule has 3 heterocycles. The predicted octanol–water partition coefficient (Wildman–Crippen LogP) is 3.66. The van der Waals surface area contributed by atoms with E-state index in [4.69, 9.17) is 0 Å². The van der Waals surface area contributed by atoms with Gasteiger partial charge in [-0.3, -0.25) is 0 Å².